The van der Waals surface area contributed by atoms with E-state index in [-0.39, 0.29) is 5.41 Å². The lowest BCUT2D eigenvalue weighted by molar-refractivity contribution is 0.595. The highest BCUT2D eigenvalue weighted by Crippen LogP contribution is 2.32. The van der Waals surface area contributed by atoms with Crippen LogP contribution in [0.5, 0.6) is 0 Å². The molecule has 2 aromatic rings. The van der Waals surface area contributed by atoms with E-state index in [1.54, 1.807) is 0 Å². The van der Waals surface area contributed by atoms with Gasteiger partial charge in [-0.3, -0.25) is 0 Å². The maximum atomic E-state index is 4.55. The van der Waals surface area contributed by atoms with Crippen LogP contribution >= 0.6 is 0 Å². The van der Waals surface area contributed by atoms with E-state index < -0.39 is 0 Å². The van der Waals surface area contributed by atoms with Crippen molar-refractivity contribution in [2.24, 2.45) is 0 Å². The predicted octanol–water partition coefficient (Wildman–Crippen LogP) is 3.28. The molecule has 0 aromatic carbocycles. The Morgan fingerprint density at radius 2 is 2.12 bits per heavy atom. The van der Waals surface area contributed by atoms with Crippen LogP contribution in [0.2, 0.25) is 0 Å². The average Bonchev–Trinajstić information content (AvgIpc) is 2.74. The van der Waals surface area contributed by atoms with E-state index in [9.17, 15) is 0 Å². The highest BCUT2D eigenvalue weighted by atomic mass is 15.1. The van der Waals surface area contributed by atoms with Crippen molar-refractivity contribution in [3.63, 3.8) is 0 Å². The van der Waals surface area contributed by atoms with Crippen LogP contribution in [-0.2, 0) is 18.4 Å². The summed E-state index contributed by atoms with van der Waals surface area (Å²) in [7, 11) is 0. The number of nitrogens with zero attached hydrogens (tertiary/aromatic N) is 2. The molecule has 0 radical (unpaired) electrons. The minimum atomic E-state index is 0.198. The van der Waals surface area contributed by atoms with Crippen molar-refractivity contribution in [1.29, 1.82) is 0 Å². The zero-order chi connectivity index (χ0) is 11.3. The van der Waals surface area contributed by atoms with Crippen molar-refractivity contribution >= 4 is 11.0 Å². The largest absolute Gasteiger partial charge is 0.330 e. The maximum Gasteiger partial charge on any atom is 0.140 e. The molecule has 0 spiro atoms. The third-order valence-corrected chi connectivity index (χ3v) is 3.51. The molecule has 0 unspecified atom stereocenters. The van der Waals surface area contributed by atoms with Gasteiger partial charge in [-0.25, -0.2) is 4.98 Å². The molecule has 0 N–H and O–H groups in total. The van der Waals surface area contributed by atoms with Crippen molar-refractivity contribution in [1.82, 2.24) is 9.55 Å². The lowest BCUT2D eigenvalue weighted by Gasteiger charge is -2.19. The Hall–Kier alpha value is -1.31. The molecule has 0 saturated heterocycles. The first kappa shape index (κ1) is 9.88. The topological polar surface area (TPSA) is 17.8 Å². The van der Waals surface area contributed by atoms with Crippen LogP contribution in [0.4, 0.5) is 0 Å². The first-order chi connectivity index (χ1) is 7.57. The molecule has 3 rings (SSSR count). The maximum absolute atomic E-state index is 4.55. The second-order valence-electron chi connectivity index (χ2n) is 5.74. The van der Waals surface area contributed by atoms with Gasteiger partial charge >= 0.3 is 0 Å². The zero-order valence-electron chi connectivity index (χ0n) is 10.2. The number of pyridine rings is 1. The standard InChI is InChI=1S/C14H18N2/c1-14(2,3)12-6-7-15-13-11(12)9-10-5-4-8-16(10)13/h6-7,9H,4-5,8H2,1-3H3. The molecule has 0 bridgehead atoms. The summed E-state index contributed by atoms with van der Waals surface area (Å²) >= 11 is 0. The van der Waals surface area contributed by atoms with Gasteiger partial charge in [-0.05, 0) is 36.0 Å². The average molecular weight is 214 g/mol. The van der Waals surface area contributed by atoms with Gasteiger partial charge in [-0.1, -0.05) is 20.8 Å². The van der Waals surface area contributed by atoms with Crippen LogP contribution in [0.1, 0.15) is 38.4 Å². The quantitative estimate of drug-likeness (QED) is 0.658. The Morgan fingerprint density at radius 3 is 2.88 bits per heavy atom. The van der Waals surface area contributed by atoms with E-state index in [1.807, 2.05) is 6.20 Å². The summed E-state index contributed by atoms with van der Waals surface area (Å²) in [6.07, 6.45) is 4.43. The lowest BCUT2D eigenvalue weighted by Crippen LogP contribution is -2.11. The van der Waals surface area contributed by atoms with E-state index in [2.05, 4.69) is 42.5 Å². The smallest absolute Gasteiger partial charge is 0.140 e. The van der Waals surface area contributed by atoms with E-state index >= 15 is 0 Å². The highest BCUT2D eigenvalue weighted by molar-refractivity contribution is 5.82. The van der Waals surface area contributed by atoms with Gasteiger partial charge in [0.25, 0.3) is 0 Å². The third kappa shape index (κ3) is 1.29. The Balaban J connectivity index is 2.33. The molecule has 0 aliphatic carbocycles. The second kappa shape index (κ2) is 3.09. The van der Waals surface area contributed by atoms with E-state index in [0.29, 0.717) is 0 Å². The minimum absolute atomic E-state index is 0.198. The monoisotopic (exact) mass is 214 g/mol. The summed E-state index contributed by atoms with van der Waals surface area (Å²) in [5.74, 6) is 0. The summed E-state index contributed by atoms with van der Waals surface area (Å²) in [6.45, 7) is 7.94. The molecular weight excluding hydrogens is 196 g/mol. The first-order valence-corrected chi connectivity index (χ1v) is 6.05. The summed E-state index contributed by atoms with van der Waals surface area (Å²) in [5, 5.41) is 1.35. The van der Waals surface area contributed by atoms with Crippen LogP contribution in [0.25, 0.3) is 11.0 Å². The zero-order valence-corrected chi connectivity index (χ0v) is 10.2. The first-order valence-electron chi connectivity index (χ1n) is 6.05. The molecule has 0 atom stereocenters. The Morgan fingerprint density at radius 1 is 1.31 bits per heavy atom. The number of aryl methyl sites for hydroxylation is 2. The van der Waals surface area contributed by atoms with Gasteiger partial charge < -0.3 is 4.57 Å². The third-order valence-electron chi connectivity index (χ3n) is 3.51. The Labute approximate surface area is 96.3 Å². The van der Waals surface area contributed by atoms with Crippen LogP contribution in [0, 0.1) is 0 Å². The number of hydrogen-bond acceptors (Lipinski definition) is 1. The van der Waals surface area contributed by atoms with Crippen molar-refractivity contribution in [2.75, 3.05) is 0 Å². The fourth-order valence-corrected chi connectivity index (χ4v) is 2.73. The molecule has 2 nitrogen and oxygen atoms in total. The minimum Gasteiger partial charge on any atom is -0.330 e. The molecule has 16 heavy (non-hydrogen) atoms. The molecule has 3 heterocycles. The predicted molar refractivity (Wildman–Crippen MR) is 66.8 cm³/mol. The van der Waals surface area contributed by atoms with Crippen LogP contribution in [-0.4, -0.2) is 9.55 Å². The summed E-state index contributed by atoms with van der Waals surface area (Å²) in [4.78, 5) is 4.55. The van der Waals surface area contributed by atoms with Crippen molar-refractivity contribution in [3.05, 3.63) is 29.6 Å². The second-order valence-corrected chi connectivity index (χ2v) is 5.74. The van der Waals surface area contributed by atoms with Gasteiger partial charge in [0.15, 0.2) is 0 Å². The SMILES string of the molecule is CC(C)(C)c1ccnc2c1cc1n2CCC1. The van der Waals surface area contributed by atoms with Crippen molar-refractivity contribution in [2.45, 2.75) is 45.6 Å². The van der Waals surface area contributed by atoms with Gasteiger partial charge in [0.2, 0.25) is 0 Å². The lowest BCUT2D eigenvalue weighted by atomic mass is 9.86. The van der Waals surface area contributed by atoms with E-state index in [1.165, 1.54) is 35.1 Å². The molecular formula is C14H18N2. The van der Waals surface area contributed by atoms with Crippen molar-refractivity contribution < 1.29 is 0 Å². The molecule has 0 amide bonds. The number of rotatable bonds is 0. The molecule has 1 aliphatic heterocycles. The Bertz CT molecular complexity index is 544. The van der Waals surface area contributed by atoms with Crippen LogP contribution in [0.15, 0.2) is 18.3 Å². The van der Waals surface area contributed by atoms with Gasteiger partial charge in [-0.2, -0.15) is 0 Å². The molecule has 84 valence electrons. The fraction of sp³-hybridized carbons (Fsp3) is 0.500. The van der Waals surface area contributed by atoms with Crippen molar-refractivity contribution in [3.8, 4) is 0 Å². The van der Waals surface area contributed by atoms with E-state index in [0.717, 1.165) is 6.54 Å². The van der Waals surface area contributed by atoms with Gasteiger partial charge in [0.05, 0.1) is 0 Å². The number of hydrogen-bond donors (Lipinski definition) is 0. The number of aromatic nitrogens is 2. The molecule has 2 aromatic heterocycles. The van der Waals surface area contributed by atoms with Gasteiger partial charge in [0, 0.05) is 23.8 Å². The van der Waals surface area contributed by atoms with Gasteiger partial charge in [-0.15, -0.1) is 0 Å². The molecule has 0 saturated carbocycles. The van der Waals surface area contributed by atoms with E-state index in [4.69, 9.17) is 0 Å². The van der Waals surface area contributed by atoms with Crippen LogP contribution in [0.3, 0.4) is 0 Å². The normalized spacial score (nSPS) is 15.7. The summed E-state index contributed by atoms with van der Waals surface area (Å²) in [6, 6.07) is 4.51. The Kier molecular flexibility index (Phi) is 1.91. The summed E-state index contributed by atoms with van der Waals surface area (Å²) < 4.78 is 2.38. The molecule has 1 aliphatic rings. The molecule has 0 fully saturated rings. The van der Waals surface area contributed by atoms with Gasteiger partial charge in [0.1, 0.15) is 5.65 Å². The summed E-state index contributed by atoms with van der Waals surface area (Å²) in [5.41, 5.74) is 4.25. The fourth-order valence-electron chi connectivity index (χ4n) is 2.73. The number of fused-ring (bicyclic) bond motifs is 3. The van der Waals surface area contributed by atoms with Crippen LogP contribution < -0.4 is 0 Å². The molecule has 2 heteroatoms. The highest BCUT2D eigenvalue weighted by Gasteiger charge is 2.22.